The number of piperidine rings is 1. The van der Waals surface area contributed by atoms with Gasteiger partial charge in [-0.2, -0.15) is 0 Å². The Balaban J connectivity index is 1.53. The second-order valence-electron chi connectivity index (χ2n) is 8.72. The van der Waals surface area contributed by atoms with Gasteiger partial charge >= 0.3 is 6.03 Å². The minimum atomic E-state index is -0.715. The van der Waals surface area contributed by atoms with Crippen LogP contribution in [0.2, 0.25) is 0 Å². The molecule has 7 heteroatoms. The van der Waals surface area contributed by atoms with E-state index in [0.29, 0.717) is 25.3 Å². The summed E-state index contributed by atoms with van der Waals surface area (Å²) in [6.45, 7) is 6.88. The Kier molecular flexibility index (Phi) is 6.08. The molecular formula is C20H34N4O3. The molecule has 0 aromatic rings. The third kappa shape index (κ3) is 3.98. The van der Waals surface area contributed by atoms with Crippen molar-refractivity contribution in [1.29, 1.82) is 0 Å². The number of nitrogens with one attached hydrogen (secondary N) is 1. The largest absolute Gasteiger partial charge is 0.353 e. The number of hydrogen-bond donors (Lipinski definition) is 1. The molecule has 1 spiro atoms. The Labute approximate surface area is 162 Å². The Morgan fingerprint density at radius 1 is 1.22 bits per heavy atom. The number of imide groups is 1. The summed E-state index contributed by atoms with van der Waals surface area (Å²) < 4.78 is 0. The van der Waals surface area contributed by atoms with Gasteiger partial charge in [0.25, 0.3) is 5.91 Å². The van der Waals surface area contributed by atoms with E-state index < -0.39 is 5.54 Å². The fourth-order valence-corrected chi connectivity index (χ4v) is 4.89. The van der Waals surface area contributed by atoms with Crippen molar-refractivity contribution in [1.82, 2.24) is 20.0 Å². The molecule has 1 aliphatic carbocycles. The van der Waals surface area contributed by atoms with Crippen LogP contribution in [0.3, 0.4) is 0 Å². The van der Waals surface area contributed by atoms with Crippen molar-refractivity contribution in [3.05, 3.63) is 0 Å². The number of likely N-dealkylation sites (N-methyl/N-ethyl adjacent to an activating group) is 1. The van der Waals surface area contributed by atoms with Gasteiger partial charge in [0.15, 0.2) is 0 Å². The number of nitrogens with zero attached hydrogens (tertiary/aromatic N) is 3. The normalized spacial score (nSPS) is 27.3. The summed E-state index contributed by atoms with van der Waals surface area (Å²) in [5.74, 6) is 0.247. The number of carbonyl (C=O) groups is 3. The van der Waals surface area contributed by atoms with Crippen LogP contribution < -0.4 is 5.32 Å². The topological polar surface area (TPSA) is 73.0 Å². The zero-order valence-electron chi connectivity index (χ0n) is 17.0. The number of rotatable bonds is 5. The van der Waals surface area contributed by atoms with Gasteiger partial charge in [0.2, 0.25) is 5.91 Å². The van der Waals surface area contributed by atoms with Gasteiger partial charge in [-0.1, -0.05) is 26.2 Å². The van der Waals surface area contributed by atoms with Gasteiger partial charge in [0, 0.05) is 26.2 Å². The van der Waals surface area contributed by atoms with Crippen molar-refractivity contribution in [3.8, 4) is 0 Å². The standard InChI is InChI=1S/C20H34N4O3/c1-15-8-7-11-23(13-15)16(2)12-21-17(25)14-24-18(26)20(22(3)19(24)27)9-5-4-6-10-20/h15-16H,4-14H2,1-3H3,(H,21,25). The lowest BCUT2D eigenvalue weighted by Crippen LogP contribution is -2.50. The highest BCUT2D eigenvalue weighted by Gasteiger charge is 2.55. The number of hydrogen-bond acceptors (Lipinski definition) is 4. The first kappa shape index (κ1) is 20.1. The maximum Gasteiger partial charge on any atom is 0.327 e. The first-order valence-electron chi connectivity index (χ1n) is 10.5. The fraction of sp³-hybridized carbons (Fsp3) is 0.850. The van der Waals surface area contributed by atoms with Crippen molar-refractivity contribution in [2.24, 2.45) is 5.92 Å². The number of amides is 4. The third-order valence-corrected chi connectivity index (χ3v) is 6.69. The molecule has 2 heterocycles. The van der Waals surface area contributed by atoms with E-state index >= 15 is 0 Å². The summed E-state index contributed by atoms with van der Waals surface area (Å²) in [4.78, 5) is 43.1. The van der Waals surface area contributed by atoms with Crippen LogP contribution in [0, 0.1) is 5.92 Å². The minimum Gasteiger partial charge on any atom is -0.353 e. The smallest absolute Gasteiger partial charge is 0.327 e. The molecule has 152 valence electrons. The first-order valence-corrected chi connectivity index (χ1v) is 10.5. The zero-order chi connectivity index (χ0) is 19.6. The molecule has 3 rings (SSSR count). The molecule has 27 heavy (non-hydrogen) atoms. The molecule has 0 aromatic carbocycles. The van der Waals surface area contributed by atoms with Gasteiger partial charge in [0.05, 0.1) is 0 Å². The van der Waals surface area contributed by atoms with Crippen LogP contribution in [0.5, 0.6) is 0 Å². The molecule has 1 saturated carbocycles. The number of likely N-dealkylation sites (tertiary alicyclic amines) is 1. The van der Waals surface area contributed by atoms with E-state index in [9.17, 15) is 14.4 Å². The van der Waals surface area contributed by atoms with Crippen LogP contribution in [-0.2, 0) is 9.59 Å². The molecule has 3 fully saturated rings. The summed E-state index contributed by atoms with van der Waals surface area (Å²) >= 11 is 0. The molecule has 1 N–H and O–H groups in total. The van der Waals surface area contributed by atoms with E-state index in [1.54, 1.807) is 11.9 Å². The lowest BCUT2D eigenvalue weighted by Gasteiger charge is -2.36. The van der Waals surface area contributed by atoms with Crippen molar-refractivity contribution in [2.75, 3.05) is 33.2 Å². The monoisotopic (exact) mass is 378 g/mol. The van der Waals surface area contributed by atoms with Crippen molar-refractivity contribution >= 4 is 17.8 Å². The van der Waals surface area contributed by atoms with Crippen molar-refractivity contribution in [3.63, 3.8) is 0 Å². The van der Waals surface area contributed by atoms with E-state index in [-0.39, 0.29) is 30.4 Å². The molecule has 2 aliphatic heterocycles. The number of urea groups is 1. The molecule has 0 radical (unpaired) electrons. The summed E-state index contributed by atoms with van der Waals surface area (Å²) in [6, 6.07) is -0.0796. The second-order valence-corrected chi connectivity index (χ2v) is 8.72. The average molecular weight is 379 g/mol. The van der Waals surface area contributed by atoms with E-state index in [4.69, 9.17) is 0 Å². The maximum absolute atomic E-state index is 12.9. The van der Waals surface area contributed by atoms with Crippen LogP contribution in [0.1, 0.15) is 58.8 Å². The lowest BCUT2D eigenvalue weighted by atomic mass is 9.81. The van der Waals surface area contributed by atoms with Crippen molar-refractivity contribution in [2.45, 2.75) is 70.4 Å². The molecule has 3 aliphatic rings. The summed E-state index contributed by atoms with van der Waals surface area (Å²) in [7, 11) is 1.70. The highest BCUT2D eigenvalue weighted by Crippen LogP contribution is 2.39. The molecule has 2 unspecified atom stereocenters. The second kappa shape index (κ2) is 8.17. The Hall–Kier alpha value is -1.63. The predicted octanol–water partition coefficient (Wildman–Crippen LogP) is 1.82. The molecule has 2 atom stereocenters. The quantitative estimate of drug-likeness (QED) is 0.741. The first-order chi connectivity index (χ1) is 12.8. The Morgan fingerprint density at radius 2 is 1.93 bits per heavy atom. The minimum absolute atomic E-state index is 0.174. The maximum atomic E-state index is 12.9. The van der Waals surface area contributed by atoms with Crippen molar-refractivity contribution < 1.29 is 14.4 Å². The fourth-order valence-electron chi connectivity index (χ4n) is 4.89. The molecule has 4 amide bonds. The van der Waals surface area contributed by atoms with Gasteiger partial charge in [-0.15, -0.1) is 0 Å². The van der Waals surface area contributed by atoms with Crippen LogP contribution in [-0.4, -0.2) is 77.4 Å². The highest BCUT2D eigenvalue weighted by molar-refractivity contribution is 6.08. The van der Waals surface area contributed by atoms with E-state index in [1.165, 1.54) is 12.8 Å². The Bertz CT molecular complexity index is 588. The van der Waals surface area contributed by atoms with Crippen LogP contribution in [0.25, 0.3) is 0 Å². The van der Waals surface area contributed by atoms with E-state index in [2.05, 4.69) is 24.1 Å². The number of carbonyl (C=O) groups excluding carboxylic acids is 3. The van der Waals surface area contributed by atoms with Crippen LogP contribution in [0.4, 0.5) is 4.79 Å². The van der Waals surface area contributed by atoms with Gasteiger partial charge < -0.3 is 10.2 Å². The van der Waals surface area contributed by atoms with Gasteiger partial charge in [-0.25, -0.2) is 4.79 Å². The Morgan fingerprint density at radius 3 is 2.59 bits per heavy atom. The van der Waals surface area contributed by atoms with E-state index in [1.807, 2.05) is 0 Å². The molecule has 7 nitrogen and oxygen atoms in total. The zero-order valence-corrected chi connectivity index (χ0v) is 17.0. The highest BCUT2D eigenvalue weighted by atomic mass is 16.2. The average Bonchev–Trinajstić information content (AvgIpc) is 2.83. The molecule has 2 saturated heterocycles. The van der Waals surface area contributed by atoms with Gasteiger partial charge in [0.1, 0.15) is 12.1 Å². The molecule has 0 bridgehead atoms. The predicted molar refractivity (Wildman–Crippen MR) is 103 cm³/mol. The van der Waals surface area contributed by atoms with Crippen LogP contribution >= 0.6 is 0 Å². The SMILES string of the molecule is CC1CCCN(C(C)CNC(=O)CN2C(=O)N(C)C3(CCCCC3)C2=O)C1. The summed E-state index contributed by atoms with van der Waals surface area (Å²) in [6.07, 6.45) is 6.89. The van der Waals surface area contributed by atoms with E-state index in [0.717, 1.165) is 37.3 Å². The molecular weight excluding hydrogens is 344 g/mol. The van der Waals surface area contributed by atoms with Crippen LogP contribution in [0.15, 0.2) is 0 Å². The molecule has 0 aromatic heterocycles. The van der Waals surface area contributed by atoms with Gasteiger partial charge in [-0.05, 0) is 45.1 Å². The lowest BCUT2D eigenvalue weighted by molar-refractivity contribution is -0.137. The third-order valence-electron chi connectivity index (χ3n) is 6.69. The van der Waals surface area contributed by atoms with Gasteiger partial charge in [-0.3, -0.25) is 19.4 Å². The summed E-state index contributed by atoms with van der Waals surface area (Å²) in [5, 5.41) is 2.92. The summed E-state index contributed by atoms with van der Waals surface area (Å²) in [5.41, 5.74) is -0.715.